The molecule has 0 radical (unpaired) electrons. The third kappa shape index (κ3) is 5.59. The molecule has 3 aromatic carbocycles. The van der Waals surface area contributed by atoms with E-state index >= 15 is 0 Å². The number of hydrogen-bond donors (Lipinski definition) is 1. The van der Waals surface area contributed by atoms with Crippen molar-refractivity contribution in [2.75, 3.05) is 6.61 Å². The van der Waals surface area contributed by atoms with E-state index in [0.29, 0.717) is 24.7 Å². The van der Waals surface area contributed by atoms with Crippen LogP contribution in [0.3, 0.4) is 0 Å². The van der Waals surface area contributed by atoms with Gasteiger partial charge in [-0.3, -0.25) is 9.69 Å². The summed E-state index contributed by atoms with van der Waals surface area (Å²) >= 11 is 2.19. The van der Waals surface area contributed by atoms with Crippen LogP contribution in [-0.2, 0) is 17.9 Å². The number of urea groups is 1. The van der Waals surface area contributed by atoms with Crippen molar-refractivity contribution >= 4 is 40.6 Å². The number of nitrogens with zero attached hydrogens (tertiary/aromatic N) is 1. The molecule has 1 N–H and O–H groups in total. The Balaban J connectivity index is 1.55. The van der Waals surface area contributed by atoms with Crippen LogP contribution < -0.4 is 14.8 Å². The number of benzene rings is 3. The van der Waals surface area contributed by atoms with E-state index in [1.165, 1.54) is 4.90 Å². The van der Waals surface area contributed by atoms with Crippen molar-refractivity contribution in [1.82, 2.24) is 10.2 Å². The number of hydrogen-bond acceptors (Lipinski definition) is 4. The Bertz CT molecular complexity index is 1220. The summed E-state index contributed by atoms with van der Waals surface area (Å²) in [6.07, 6.45) is 1.67. The maximum absolute atomic E-state index is 12.9. The monoisotopic (exact) mass is 568 g/mol. The zero-order valence-corrected chi connectivity index (χ0v) is 21.2. The van der Waals surface area contributed by atoms with Crippen molar-refractivity contribution < 1.29 is 19.1 Å². The topological polar surface area (TPSA) is 67.9 Å². The fraction of sp³-hybridized carbons (Fsp3) is 0.185. The van der Waals surface area contributed by atoms with Gasteiger partial charge in [-0.05, 0) is 71.3 Å². The third-order valence-electron chi connectivity index (χ3n) is 5.29. The van der Waals surface area contributed by atoms with Crippen molar-refractivity contribution in [3.05, 3.63) is 98.3 Å². The van der Waals surface area contributed by atoms with E-state index in [2.05, 4.69) is 27.9 Å². The van der Waals surface area contributed by atoms with Crippen LogP contribution in [0, 0.1) is 10.5 Å². The minimum Gasteiger partial charge on any atom is -0.490 e. The Hall–Kier alpha value is -3.33. The van der Waals surface area contributed by atoms with Crippen LogP contribution >= 0.6 is 22.6 Å². The Morgan fingerprint density at radius 3 is 2.41 bits per heavy atom. The van der Waals surface area contributed by atoms with Crippen LogP contribution in [0.25, 0.3) is 6.08 Å². The van der Waals surface area contributed by atoms with Gasteiger partial charge in [-0.1, -0.05) is 60.2 Å². The average Bonchev–Trinajstić information content (AvgIpc) is 3.08. The predicted octanol–water partition coefficient (Wildman–Crippen LogP) is 5.67. The maximum Gasteiger partial charge on any atom is 0.329 e. The van der Waals surface area contributed by atoms with Gasteiger partial charge in [-0.25, -0.2) is 4.79 Å². The molecule has 1 saturated heterocycles. The molecule has 0 unspecified atom stereocenters. The minimum atomic E-state index is -0.431. The van der Waals surface area contributed by atoms with Gasteiger partial charge in [0.2, 0.25) is 0 Å². The molecule has 0 aromatic heterocycles. The van der Waals surface area contributed by atoms with E-state index in [9.17, 15) is 9.59 Å². The number of carbonyl (C=O) groups is 2. The number of amides is 3. The zero-order valence-electron chi connectivity index (χ0n) is 19.0. The van der Waals surface area contributed by atoms with Gasteiger partial charge < -0.3 is 14.8 Å². The number of aryl methyl sites for hydroxylation is 1. The lowest BCUT2D eigenvalue weighted by Gasteiger charge is -2.15. The van der Waals surface area contributed by atoms with Crippen LogP contribution in [0.5, 0.6) is 11.5 Å². The van der Waals surface area contributed by atoms with Crippen molar-refractivity contribution in [3.8, 4) is 11.5 Å². The van der Waals surface area contributed by atoms with Gasteiger partial charge >= 0.3 is 6.03 Å². The SMILES string of the molecule is CCOc1cc(/C=C2/NC(=O)N(Cc3ccc(C)cc3)C2=O)cc(I)c1OCc1ccccc1. The molecule has 0 aliphatic carbocycles. The first-order valence-electron chi connectivity index (χ1n) is 11.0. The molecule has 0 saturated carbocycles. The molecule has 0 bridgehead atoms. The second kappa shape index (κ2) is 10.7. The standard InChI is InChI=1S/C27H25IN2O4/c1-3-33-24-15-21(13-22(28)25(24)34-17-20-7-5-4-6-8-20)14-23-26(31)30(27(32)29-23)16-19-11-9-18(2)10-12-19/h4-15H,3,16-17H2,1-2H3,(H,29,32)/b23-14+. The molecular weight excluding hydrogens is 543 g/mol. The molecule has 1 fully saturated rings. The van der Waals surface area contributed by atoms with E-state index < -0.39 is 6.03 Å². The molecule has 1 heterocycles. The molecule has 4 rings (SSSR count). The molecule has 7 heteroatoms. The number of nitrogens with one attached hydrogen (secondary N) is 1. The van der Waals surface area contributed by atoms with Gasteiger partial charge in [0.15, 0.2) is 11.5 Å². The van der Waals surface area contributed by atoms with E-state index in [-0.39, 0.29) is 18.1 Å². The van der Waals surface area contributed by atoms with Gasteiger partial charge in [0.1, 0.15) is 12.3 Å². The maximum atomic E-state index is 12.9. The van der Waals surface area contributed by atoms with Gasteiger partial charge in [-0.2, -0.15) is 0 Å². The molecule has 3 aromatic rings. The van der Waals surface area contributed by atoms with Crippen molar-refractivity contribution in [2.24, 2.45) is 0 Å². The van der Waals surface area contributed by atoms with E-state index in [4.69, 9.17) is 9.47 Å². The van der Waals surface area contributed by atoms with Crippen molar-refractivity contribution in [2.45, 2.75) is 27.0 Å². The summed E-state index contributed by atoms with van der Waals surface area (Å²) < 4.78 is 12.7. The largest absolute Gasteiger partial charge is 0.490 e. The Morgan fingerprint density at radius 2 is 1.71 bits per heavy atom. The van der Waals surface area contributed by atoms with E-state index in [1.54, 1.807) is 6.08 Å². The van der Waals surface area contributed by atoms with E-state index in [0.717, 1.165) is 25.8 Å². The second-order valence-electron chi connectivity index (χ2n) is 7.90. The highest BCUT2D eigenvalue weighted by molar-refractivity contribution is 14.1. The molecule has 0 spiro atoms. The summed E-state index contributed by atoms with van der Waals surface area (Å²) in [5.74, 6) is 0.879. The summed E-state index contributed by atoms with van der Waals surface area (Å²) in [5, 5.41) is 2.69. The molecular formula is C27H25IN2O4. The Labute approximate surface area is 212 Å². The summed E-state index contributed by atoms with van der Waals surface area (Å²) in [6.45, 7) is 5.00. The zero-order chi connectivity index (χ0) is 24.1. The third-order valence-corrected chi connectivity index (χ3v) is 6.09. The molecule has 174 valence electrons. The molecule has 3 amide bonds. The molecule has 1 aliphatic heterocycles. The van der Waals surface area contributed by atoms with Crippen LogP contribution in [0.1, 0.15) is 29.2 Å². The van der Waals surface area contributed by atoms with Crippen LogP contribution in [-0.4, -0.2) is 23.4 Å². The highest BCUT2D eigenvalue weighted by Crippen LogP contribution is 2.35. The number of carbonyl (C=O) groups excluding carboxylic acids is 2. The lowest BCUT2D eigenvalue weighted by Crippen LogP contribution is -2.30. The number of rotatable bonds is 8. The highest BCUT2D eigenvalue weighted by atomic mass is 127. The van der Waals surface area contributed by atoms with Crippen molar-refractivity contribution in [3.63, 3.8) is 0 Å². The average molecular weight is 568 g/mol. The molecule has 1 aliphatic rings. The van der Waals surface area contributed by atoms with Gasteiger partial charge in [-0.15, -0.1) is 0 Å². The quantitative estimate of drug-likeness (QED) is 0.216. The lowest BCUT2D eigenvalue weighted by atomic mass is 10.1. The van der Waals surface area contributed by atoms with Gasteiger partial charge in [0.25, 0.3) is 5.91 Å². The van der Waals surface area contributed by atoms with Crippen molar-refractivity contribution in [1.29, 1.82) is 0 Å². The summed E-state index contributed by atoms with van der Waals surface area (Å²) in [4.78, 5) is 26.6. The Kier molecular flexibility index (Phi) is 7.52. The van der Waals surface area contributed by atoms with Gasteiger partial charge in [0.05, 0.1) is 16.7 Å². The normalized spacial score (nSPS) is 14.4. The summed E-state index contributed by atoms with van der Waals surface area (Å²) in [6, 6.07) is 21.0. The minimum absolute atomic E-state index is 0.219. The number of ether oxygens (including phenoxy) is 2. The van der Waals surface area contributed by atoms with Crippen LogP contribution in [0.15, 0.2) is 72.4 Å². The van der Waals surface area contributed by atoms with E-state index in [1.807, 2.05) is 80.6 Å². The first-order chi connectivity index (χ1) is 16.4. The summed E-state index contributed by atoms with van der Waals surface area (Å²) in [5.41, 5.74) is 4.04. The highest BCUT2D eigenvalue weighted by Gasteiger charge is 2.33. The van der Waals surface area contributed by atoms with Gasteiger partial charge in [0, 0.05) is 0 Å². The summed E-state index contributed by atoms with van der Waals surface area (Å²) in [7, 11) is 0. The van der Waals surface area contributed by atoms with Crippen LogP contribution in [0.4, 0.5) is 4.79 Å². The number of imide groups is 1. The fourth-order valence-corrected chi connectivity index (χ4v) is 4.34. The molecule has 0 atom stereocenters. The molecule has 6 nitrogen and oxygen atoms in total. The second-order valence-corrected chi connectivity index (χ2v) is 9.06. The number of halogens is 1. The smallest absolute Gasteiger partial charge is 0.329 e. The Morgan fingerprint density at radius 1 is 0.971 bits per heavy atom. The molecule has 34 heavy (non-hydrogen) atoms. The first kappa shape index (κ1) is 23.8. The lowest BCUT2D eigenvalue weighted by molar-refractivity contribution is -0.123. The fourth-order valence-electron chi connectivity index (χ4n) is 3.56. The van der Waals surface area contributed by atoms with Crippen LogP contribution in [0.2, 0.25) is 0 Å². The predicted molar refractivity (Wildman–Crippen MR) is 139 cm³/mol. The first-order valence-corrected chi connectivity index (χ1v) is 12.1.